The van der Waals surface area contributed by atoms with Gasteiger partial charge in [-0.2, -0.15) is 5.10 Å². The third-order valence-corrected chi connectivity index (χ3v) is 3.93. The summed E-state index contributed by atoms with van der Waals surface area (Å²) in [5.41, 5.74) is 7.37. The fourth-order valence-corrected chi connectivity index (χ4v) is 2.75. The van der Waals surface area contributed by atoms with Crippen LogP contribution in [0.5, 0.6) is 0 Å². The molecule has 1 aromatic carbocycles. The van der Waals surface area contributed by atoms with E-state index >= 15 is 0 Å². The average molecular weight is 277 g/mol. The summed E-state index contributed by atoms with van der Waals surface area (Å²) in [6.07, 6.45) is 2.69. The van der Waals surface area contributed by atoms with Gasteiger partial charge in [0.05, 0.1) is 22.2 Å². The van der Waals surface area contributed by atoms with Crippen LogP contribution in [0.4, 0.5) is 5.82 Å². The molecule has 0 fully saturated rings. The Morgan fingerprint density at radius 3 is 2.74 bits per heavy atom. The molecule has 3 aromatic rings. The highest BCUT2D eigenvalue weighted by atomic mass is 32.2. The maximum absolute atomic E-state index is 11.7. The van der Waals surface area contributed by atoms with Gasteiger partial charge in [-0.3, -0.25) is 5.10 Å². The molecule has 0 saturated heterocycles. The van der Waals surface area contributed by atoms with Crippen LogP contribution in [0.3, 0.4) is 0 Å². The molecule has 8 heteroatoms. The highest BCUT2D eigenvalue weighted by Gasteiger charge is 2.17. The summed E-state index contributed by atoms with van der Waals surface area (Å²) in [7, 11) is -3.33. The zero-order valence-electron chi connectivity index (χ0n) is 10.0. The van der Waals surface area contributed by atoms with E-state index in [1.165, 1.54) is 12.3 Å². The van der Waals surface area contributed by atoms with Gasteiger partial charge in [0.1, 0.15) is 17.2 Å². The van der Waals surface area contributed by atoms with Gasteiger partial charge in [0.25, 0.3) is 0 Å². The molecule has 0 aliphatic heterocycles. The molecule has 3 rings (SSSR count). The molecule has 98 valence electrons. The van der Waals surface area contributed by atoms with E-state index in [2.05, 4.69) is 20.2 Å². The number of benzene rings is 1. The van der Waals surface area contributed by atoms with E-state index in [-0.39, 0.29) is 4.90 Å². The van der Waals surface area contributed by atoms with Crippen LogP contribution in [-0.2, 0) is 9.84 Å². The summed E-state index contributed by atoms with van der Waals surface area (Å²) in [6.45, 7) is 0. The molecule has 2 aromatic heterocycles. The van der Waals surface area contributed by atoms with Gasteiger partial charge in [0.15, 0.2) is 9.84 Å². The Labute approximate surface area is 108 Å². The molecule has 0 aliphatic rings. The lowest BCUT2D eigenvalue weighted by atomic mass is 10.3. The molecule has 0 spiro atoms. The number of rotatable bonds is 2. The van der Waals surface area contributed by atoms with Crippen molar-refractivity contribution < 1.29 is 8.42 Å². The number of nitrogens with two attached hydrogens (primary N) is 1. The number of sulfone groups is 1. The van der Waals surface area contributed by atoms with E-state index < -0.39 is 9.84 Å². The van der Waals surface area contributed by atoms with Crippen molar-refractivity contribution in [2.45, 2.75) is 4.90 Å². The van der Waals surface area contributed by atoms with Crippen LogP contribution in [0.1, 0.15) is 0 Å². The number of fused-ring (bicyclic) bond motifs is 1. The molecule has 4 N–H and O–H groups in total. The van der Waals surface area contributed by atoms with Crippen LogP contribution >= 0.6 is 0 Å². The Balaban J connectivity index is 2.31. The predicted octanol–water partition coefficient (Wildman–Crippen LogP) is 0.939. The maximum atomic E-state index is 11.7. The number of aromatic nitrogens is 4. The van der Waals surface area contributed by atoms with E-state index in [1.54, 1.807) is 12.1 Å². The topological polar surface area (TPSA) is 118 Å². The summed E-state index contributed by atoms with van der Waals surface area (Å²) in [5.74, 6) is 0.859. The molecular weight excluding hydrogens is 266 g/mol. The van der Waals surface area contributed by atoms with Crippen molar-refractivity contribution in [3.05, 3.63) is 24.4 Å². The third kappa shape index (κ3) is 1.85. The highest BCUT2D eigenvalue weighted by Crippen LogP contribution is 2.27. The monoisotopic (exact) mass is 277 g/mol. The second-order valence-electron chi connectivity index (χ2n) is 4.21. The van der Waals surface area contributed by atoms with Crippen molar-refractivity contribution in [3.63, 3.8) is 0 Å². The molecule has 0 aliphatic carbocycles. The number of para-hydroxylation sites is 1. The highest BCUT2D eigenvalue weighted by molar-refractivity contribution is 7.91. The lowest BCUT2D eigenvalue weighted by Crippen LogP contribution is -1.97. The number of imidazole rings is 1. The minimum atomic E-state index is -3.33. The fraction of sp³-hybridized carbons (Fsp3) is 0.0909. The number of nitrogens with one attached hydrogen (secondary N) is 2. The van der Waals surface area contributed by atoms with Gasteiger partial charge in [-0.15, -0.1) is 0 Å². The number of hydrogen-bond acceptors (Lipinski definition) is 5. The number of anilines is 1. The first-order valence-electron chi connectivity index (χ1n) is 5.45. The van der Waals surface area contributed by atoms with Crippen molar-refractivity contribution in [3.8, 4) is 11.4 Å². The summed E-state index contributed by atoms with van der Waals surface area (Å²) in [4.78, 5) is 7.53. The number of nitrogens with zero attached hydrogens (tertiary/aromatic N) is 2. The Morgan fingerprint density at radius 2 is 2.11 bits per heavy atom. The normalized spacial score (nSPS) is 12.1. The zero-order chi connectivity index (χ0) is 13.6. The van der Waals surface area contributed by atoms with Crippen molar-refractivity contribution in [2.24, 2.45) is 0 Å². The lowest BCUT2D eigenvalue weighted by Gasteiger charge is -1.97. The predicted molar refractivity (Wildman–Crippen MR) is 71.2 cm³/mol. The van der Waals surface area contributed by atoms with Crippen LogP contribution in [0.2, 0.25) is 0 Å². The molecule has 0 bridgehead atoms. The minimum absolute atomic E-state index is 0.189. The van der Waals surface area contributed by atoms with E-state index in [0.717, 1.165) is 6.26 Å². The number of nitrogen functional groups attached to an aromatic ring is 1. The van der Waals surface area contributed by atoms with Crippen LogP contribution < -0.4 is 5.73 Å². The average Bonchev–Trinajstić information content (AvgIpc) is 2.91. The quantitative estimate of drug-likeness (QED) is 0.644. The van der Waals surface area contributed by atoms with Crippen LogP contribution in [0.15, 0.2) is 29.3 Å². The number of H-pyrrole nitrogens is 2. The van der Waals surface area contributed by atoms with Gasteiger partial charge < -0.3 is 10.7 Å². The largest absolute Gasteiger partial charge is 0.383 e. The maximum Gasteiger partial charge on any atom is 0.177 e. The van der Waals surface area contributed by atoms with Crippen molar-refractivity contribution in [1.29, 1.82) is 0 Å². The van der Waals surface area contributed by atoms with Gasteiger partial charge in [-0.1, -0.05) is 6.07 Å². The van der Waals surface area contributed by atoms with Gasteiger partial charge in [0.2, 0.25) is 0 Å². The summed E-state index contributed by atoms with van der Waals surface area (Å²) in [6, 6.07) is 4.96. The molecule has 0 saturated carbocycles. The van der Waals surface area contributed by atoms with Crippen molar-refractivity contribution in [2.75, 3.05) is 12.0 Å². The Bertz CT molecular complexity index is 862. The van der Waals surface area contributed by atoms with Crippen LogP contribution in [-0.4, -0.2) is 34.8 Å². The first-order chi connectivity index (χ1) is 8.97. The van der Waals surface area contributed by atoms with E-state index in [1.807, 2.05) is 0 Å². The summed E-state index contributed by atoms with van der Waals surface area (Å²) < 4.78 is 23.4. The number of aromatic amines is 2. The molecule has 0 atom stereocenters. The molecule has 0 unspecified atom stereocenters. The lowest BCUT2D eigenvalue weighted by molar-refractivity contribution is 0.602. The molecule has 0 amide bonds. The Kier molecular flexibility index (Phi) is 2.36. The van der Waals surface area contributed by atoms with Crippen LogP contribution in [0, 0.1) is 0 Å². The second-order valence-corrected chi connectivity index (χ2v) is 6.19. The zero-order valence-corrected chi connectivity index (χ0v) is 10.8. The van der Waals surface area contributed by atoms with Gasteiger partial charge in [0, 0.05) is 6.26 Å². The van der Waals surface area contributed by atoms with E-state index in [4.69, 9.17) is 5.73 Å². The van der Waals surface area contributed by atoms with Crippen molar-refractivity contribution >= 4 is 26.7 Å². The molecule has 2 heterocycles. The van der Waals surface area contributed by atoms with Crippen LogP contribution in [0.25, 0.3) is 22.4 Å². The Hall–Kier alpha value is -2.35. The molecule has 7 nitrogen and oxygen atoms in total. The Morgan fingerprint density at radius 1 is 1.32 bits per heavy atom. The molecular formula is C11H11N5O2S. The first kappa shape index (κ1) is 11.7. The fourth-order valence-electron chi connectivity index (χ4n) is 1.92. The van der Waals surface area contributed by atoms with Gasteiger partial charge in [-0.05, 0) is 12.1 Å². The van der Waals surface area contributed by atoms with Gasteiger partial charge >= 0.3 is 0 Å². The first-order valence-corrected chi connectivity index (χ1v) is 7.34. The SMILES string of the molecule is CS(=O)(=O)c1cccc2[nH]c(-c3cn[nH]c3N)nc12. The summed E-state index contributed by atoms with van der Waals surface area (Å²) in [5, 5.41) is 6.42. The molecule has 0 radical (unpaired) electrons. The standard InChI is InChI=1S/C11H11N5O2S/c1-19(17,18)8-4-2-3-7-9(8)15-11(14-7)6-5-13-16-10(6)12/h2-5H,1H3,(H,14,15)(H3,12,13,16). The molecule has 19 heavy (non-hydrogen) atoms. The van der Waals surface area contributed by atoms with E-state index in [9.17, 15) is 8.42 Å². The van der Waals surface area contributed by atoms with Crippen molar-refractivity contribution in [1.82, 2.24) is 20.2 Å². The minimum Gasteiger partial charge on any atom is -0.383 e. The van der Waals surface area contributed by atoms with Gasteiger partial charge in [-0.25, -0.2) is 13.4 Å². The number of hydrogen-bond donors (Lipinski definition) is 3. The smallest absolute Gasteiger partial charge is 0.177 e. The summed E-state index contributed by atoms with van der Waals surface area (Å²) >= 11 is 0. The second kappa shape index (κ2) is 3.82. The van der Waals surface area contributed by atoms with E-state index in [0.29, 0.717) is 28.2 Å². The third-order valence-electron chi connectivity index (χ3n) is 2.80.